The maximum atomic E-state index is 12.4. The molecule has 1 aliphatic rings. The maximum Gasteiger partial charge on any atom is 0.289 e. The van der Waals surface area contributed by atoms with Crippen molar-refractivity contribution in [3.63, 3.8) is 0 Å². The van der Waals surface area contributed by atoms with E-state index in [9.17, 15) is 13.2 Å². The first kappa shape index (κ1) is 16.0. The van der Waals surface area contributed by atoms with Crippen molar-refractivity contribution in [3.8, 4) is 0 Å². The summed E-state index contributed by atoms with van der Waals surface area (Å²) in [6.07, 6.45) is 1.07. The van der Waals surface area contributed by atoms with Crippen LogP contribution in [0.2, 0.25) is 0 Å². The Balaban J connectivity index is 2.01. The molecule has 1 aliphatic heterocycles. The quantitative estimate of drug-likeness (QED) is 0.825. The molecule has 2 rings (SSSR count). The molecule has 1 aromatic heterocycles. The molecule has 1 amide bonds. The molecule has 2 heterocycles. The van der Waals surface area contributed by atoms with Crippen LogP contribution in [0.4, 0.5) is 0 Å². The normalized spacial score (nSPS) is 23.3. The molecule has 0 bridgehead atoms. The summed E-state index contributed by atoms with van der Waals surface area (Å²) in [5.41, 5.74) is 0. The first-order chi connectivity index (χ1) is 9.74. The van der Waals surface area contributed by atoms with Crippen molar-refractivity contribution in [2.45, 2.75) is 32.5 Å². The molecule has 1 aromatic rings. The standard InChI is InChI=1S/C13H21N3O4S/c1-9-7-16(8-10(2)15-9)13(17)12-5-4-11(20-12)6-14-21(3,18)19/h4-5,9-10,14-15H,6-8H2,1-3H3/t9-,10+. The van der Waals surface area contributed by atoms with Crippen molar-refractivity contribution in [2.75, 3.05) is 19.3 Å². The lowest BCUT2D eigenvalue weighted by molar-refractivity contribution is 0.0640. The van der Waals surface area contributed by atoms with Gasteiger partial charge in [-0.05, 0) is 26.0 Å². The smallest absolute Gasteiger partial charge is 0.289 e. The Morgan fingerprint density at radius 1 is 1.38 bits per heavy atom. The van der Waals surface area contributed by atoms with Crippen LogP contribution in [0, 0.1) is 0 Å². The number of hydrogen-bond acceptors (Lipinski definition) is 5. The van der Waals surface area contributed by atoms with Gasteiger partial charge in [0, 0.05) is 25.2 Å². The van der Waals surface area contributed by atoms with Crippen LogP contribution in [0.3, 0.4) is 0 Å². The molecule has 0 aliphatic carbocycles. The van der Waals surface area contributed by atoms with Crippen LogP contribution in [-0.4, -0.2) is 50.7 Å². The number of carbonyl (C=O) groups excluding carboxylic acids is 1. The van der Waals surface area contributed by atoms with E-state index in [0.717, 1.165) is 6.26 Å². The number of nitrogens with one attached hydrogen (secondary N) is 2. The summed E-state index contributed by atoms with van der Waals surface area (Å²) in [6.45, 7) is 5.35. The van der Waals surface area contributed by atoms with Crippen LogP contribution in [0.15, 0.2) is 16.5 Å². The van der Waals surface area contributed by atoms with E-state index in [1.165, 1.54) is 0 Å². The highest BCUT2D eigenvalue weighted by Gasteiger charge is 2.27. The van der Waals surface area contributed by atoms with Gasteiger partial charge in [-0.3, -0.25) is 4.79 Å². The van der Waals surface area contributed by atoms with Gasteiger partial charge in [-0.15, -0.1) is 0 Å². The third kappa shape index (κ3) is 4.55. The van der Waals surface area contributed by atoms with Crippen molar-refractivity contribution >= 4 is 15.9 Å². The van der Waals surface area contributed by atoms with Crippen LogP contribution < -0.4 is 10.0 Å². The lowest BCUT2D eigenvalue weighted by Gasteiger charge is -2.35. The topological polar surface area (TPSA) is 91.7 Å². The molecule has 2 atom stereocenters. The van der Waals surface area contributed by atoms with E-state index < -0.39 is 10.0 Å². The van der Waals surface area contributed by atoms with Gasteiger partial charge < -0.3 is 14.6 Å². The Morgan fingerprint density at radius 3 is 2.57 bits per heavy atom. The zero-order chi connectivity index (χ0) is 15.6. The molecule has 0 spiro atoms. The number of hydrogen-bond donors (Lipinski definition) is 2. The van der Waals surface area contributed by atoms with E-state index in [4.69, 9.17) is 4.42 Å². The number of furan rings is 1. The van der Waals surface area contributed by atoms with Gasteiger partial charge in [0.1, 0.15) is 5.76 Å². The summed E-state index contributed by atoms with van der Waals surface area (Å²) < 4.78 is 29.8. The predicted molar refractivity (Wildman–Crippen MR) is 78.4 cm³/mol. The number of carbonyl (C=O) groups is 1. The molecule has 0 radical (unpaired) electrons. The minimum atomic E-state index is -3.28. The summed E-state index contributed by atoms with van der Waals surface area (Å²) in [7, 11) is -3.28. The van der Waals surface area contributed by atoms with Crippen LogP contribution in [0.25, 0.3) is 0 Å². The summed E-state index contributed by atoms with van der Waals surface area (Å²) in [5, 5.41) is 3.36. The fourth-order valence-electron chi connectivity index (χ4n) is 2.44. The van der Waals surface area contributed by atoms with E-state index in [1.54, 1.807) is 17.0 Å². The largest absolute Gasteiger partial charge is 0.455 e. The first-order valence-corrected chi connectivity index (χ1v) is 8.72. The summed E-state index contributed by atoms with van der Waals surface area (Å²) in [6, 6.07) is 3.66. The average Bonchev–Trinajstić information content (AvgIpc) is 2.82. The van der Waals surface area contributed by atoms with E-state index >= 15 is 0 Å². The van der Waals surface area contributed by atoms with Crippen LogP contribution in [0.1, 0.15) is 30.2 Å². The highest BCUT2D eigenvalue weighted by atomic mass is 32.2. The third-order valence-electron chi connectivity index (χ3n) is 3.23. The second-order valence-electron chi connectivity index (χ2n) is 5.54. The predicted octanol–water partition coefficient (Wildman–Crippen LogP) is 0.151. The number of piperazine rings is 1. The Labute approximate surface area is 124 Å². The SMILES string of the molecule is C[C@@H]1CN(C(=O)c2ccc(CNS(C)(=O)=O)o2)C[C@H](C)N1. The van der Waals surface area contributed by atoms with Crippen molar-refractivity contribution in [1.29, 1.82) is 0 Å². The van der Waals surface area contributed by atoms with Crippen molar-refractivity contribution in [1.82, 2.24) is 14.9 Å². The molecule has 0 unspecified atom stereocenters. The zero-order valence-corrected chi connectivity index (χ0v) is 13.2. The Morgan fingerprint density at radius 2 is 2.00 bits per heavy atom. The van der Waals surface area contributed by atoms with E-state index in [-0.39, 0.29) is 30.3 Å². The Bertz CT molecular complexity index is 601. The van der Waals surface area contributed by atoms with Crippen LogP contribution in [-0.2, 0) is 16.6 Å². The lowest BCUT2D eigenvalue weighted by Crippen LogP contribution is -2.55. The van der Waals surface area contributed by atoms with Gasteiger partial charge in [0.05, 0.1) is 12.8 Å². The van der Waals surface area contributed by atoms with Crippen LogP contribution >= 0.6 is 0 Å². The molecule has 0 aromatic carbocycles. The minimum Gasteiger partial charge on any atom is -0.455 e. The molecule has 21 heavy (non-hydrogen) atoms. The second kappa shape index (κ2) is 6.17. The number of amides is 1. The van der Waals surface area contributed by atoms with Crippen LogP contribution in [0.5, 0.6) is 0 Å². The van der Waals surface area contributed by atoms with E-state index in [2.05, 4.69) is 10.0 Å². The van der Waals surface area contributed by atoms with Gasteiger partial charge in [-0.1, -0.05) is 0 Å². The van der Waals surface area contributed by atoms with Crippen molar-refractivity contribution < 1.29 is 17.6 Å². The highest BCUT2D eigenvalue weighted by molar-refractivity contribution is 7.88. The van der Waals surface area contributed by atoms with Gasteiger partial charge in [0.15, 0.2) is 5.76 Å². The van der Waals surface area contributed by atoms with E-state index in [0.29, 0.717) is 18.8 Å². The molecule has 1 saturated heterocycles. The van der Waals surface area contributed by atoms with E-state index in [1.807, 2.05) is 13.8 Å². The lowest BCUT2D eigenvalue weighted by atomic mass is 10.1. The summed E-state index contributed by atoms with van der Waals surface area (Å²) in [5.74, 6) is 0.488. The first-order valence-electron chi connectivity index (χ1n) is 6.83. The zero-order valence-electron chi connectivity index (χ0n) is 12.4. The Kier molecular flexibility index (Phi) is 4.70. The van der Waals surface area contributed by atoms with Crippen molar-refractivity contribution in [2.24, 2.45) is 0 Å². The number of sulfonamides is 1. The molecule has 2 N–H and O–H groups in total. The molecule has 8 heteroatoms. The number of rotatable bonds is 4. The van der Waals surface area contributed by atoms with Gasteiger partial charge in [0.25, 0.3) is 5.91 Å². The molecule has 0 saturated carbocycles. The second-order valence-corrected chi connectivity index (χ2v) is 7.37. The van der Waals surface area contributed by atoms with Gasteiger partial charge in [-0.2, -0.15) is 0 Å². The number of nitrogens with zero attached hydrogens (tertiary/aromatic N) is 1. The summed E-state index contributed by atoms with van der Waals surface area (Å²) in [4.78, 5) is 14.1. The van der Waals surface area contributed by atoms with Crippen molar-refractivity contribution in [3.05, 3.63) is 23.7 Å². The molecule has 118 valence electrons. The molecular formula is C13H21N3O4S. The average molecular weight is 315 g/mol. The molecule has 1 fully saturated rings. The maximum absolute atomic E-state index is 12.4. The monoisotopic (exact) mass is 315 g/mol. The summed E-state index contributed by atoms with van der Waals surface area (Å²) >= 11 is 0. The minimum absolute atomic E-state index is 0.0421. The highest BCUT2D eigenvalue weighted by Crippen LogP contribution is 2.14. The molecular weight excluding hydrogens is 294 g/mol. The third-order valence-corrected chi connectivity index (χ3v) is 3.89. The van der Waals surface area contributed by atoms with Gasteiger partial charge in [0.2, 0.25) is 10.0 Å². The molecule has 7 nitrogen and oxygen atoms in total. The van der Waals surface area contributed by atoms with Gasteiger partial charge >= 0.3 is 0 Å². The Hall–Kier alpha value is -1.38. The fraction of sp³-hybridized carbons (Fsp3) is 0.615. The fourth-order valence-corrected chi connectivity index (χ4v) is 2.84. The van der Waals surface area contributed by atoms with Gasteiger partial charge in [-0.25, -0.2) is 13.1 Å².